The molecule has 0 aliphatic heterocycles. The Labute approximate surface area is 175 Å². The van der Waals surface area contributed by atoms with E-state index in [1.165, 1.54) is 0 Å². The lowest BCUT2D eigenvalue weighted by Crippen LogP contribution is -2.20. The first-order chi connectivity index (χ1) is 14.5. The fourth-order valence-corrected chi connectivity index (χ4v) is 2.84. The molecule has 0 aliphatic rings. The highest BCUT2D eigenvalue weighted by Crippen LogP contribution is 2.25. The SMILES string of the molecule is COc1ccccc1OCC(=O)Nc1cccc(NC(=O)c2ccc(C)c(C)c2)c1. The van der Waals surface area contributed by atoms with Gasteiger partial charge in [0, 0.05) is 16.9 Å². The van der Waals surface area contributed by atoms with Crippen molar-refractivity contribution >= 4 is 23.2 Å². The molecular weight excluding hydrogens is 380 g/mol. The summed E-state index contributed by atoms with van der Waals surface area (Å²) in [6, 6.07) is 19.6. The summed E-state index contributed by atoms with van der Waals surface area (Å²) >= 11 is 0. The fourth-order valence-electron chi connectivity index (χ4n) is 2.84. The third-order valence-corrected chi connectivity index (χ3v) is 4.60. The van der Waals surface area contributed by atoms with Crippen LogP contribution in [0.25, 0.3) is 0 Å². The molecule has 0 heterocycles. The Morgan fingerprint density at radius 2 is 1.50 bits per heavy atom. The molecule has 0 aromatic heterocycles. The van der Waals surface area contributed by atoms with Crippen LogP contribution < -0.4 is 20.1 Å². The molecule has 0 saturated carbocycles. The zero-order chi connectivity index (χ0) is 21.5. The largest absolute Gasteiger partial charge is 0.493 e. The van der Waals surface area contributed by atoms with E-state index in [1.54, 1.807) is 55.6 Å². The number of methoxy groups -OCH3 is 1. The number of rotatable bonds is 7. The zero-order valence-corrected chi connectivity index (χ0v) is 17.2. The van der Waals surface area contributed by atoms with Gasteiger partial charge in [-0.15, -0.1) is 0 Å². The molecule has 3 aromatic rings. The summed E-state index contributed by atoms with van der Waals surface area (Å²) in [5.41, 5.74) is 3.91. The average molecular weight is 404 g/mol. The van der Waals surface area contributed by atoms with E-state index in [1.807, 2.05) is 32.0 Å². The molecule has 0 aliphatic carbocycles. The minimum Gasteiger partial charge on any atom is -0.493 e. The van der Waals surface area contributed by atoms with Crippen LogP contribution in [0.1, 0.15) is 21.5 Å². The van der Waals surface area contributed by atoms with E-state index < -0.39 is 0 Å². The number of ether oxygens (including phenoxy) is 2. The van der Waals surface area contributed by atoms with Crippen LogP contribution >= 0.6 is 0 Å². The molecule has 2 N–H and O–H groups in total. The lowest BCUT2D eigenvalue weighted by molar-refractivity contribution is -0.118. The van der Waals surface area contributed by atoms with Gasteiger partial charge in [0.15, 0.2) is 18.1 Å². The van der Waals surface area contributed by atoms with Crippen molar-refractivity contribution in [3.63, 3.8) is 0 Å². The fraction of sp³-hybridized carbons (Fsp3) is 0.167. The first kappa shape index (κ1) is 20.9. The van der Waals surface area contributed by atoms with Crippen molar-refractivity contribution < 1.29 is 19.1 Å². The van der Waals surface area contributed by atoms with E-state index in [0.717, 1.165) is 11.1 Å². The van der Waals surface area contributed by atoms with Crippen LogP contribution in [0, 0.1) is 13.8 Å². The first-order valence-electron chi connectivity index (χ1n) is 9.50. The van der Waals surface area contributed by atoms with Crippen molar-refractivity contribution in [1.29, 1.82) is 0 Å². The van der Waals surface area contributed by atoms with Gasteiger partial charge < -0.3 is 20.1 Å². The van der Waals surface area contributed by atoms with Gasteiger partial charge in [-0.2, -0.15) is 0 Å². The van der Waals surface area contributed by atoms with Gasteiger partial charge in [0.1, 0.15) is 0 Å². The predicted octanol–water partition coefficient (Wildman–Crippen LogP) is 4.58. The molecule has 0 atom stereocenters. The first-order valence-corrected chi connectivity index (χ1v) is 9.50. The molecule has 0 fully saturated rings. The van der Waals surface area contributed by atoms with Gasteiger partial charge in [0.05, 0.1) is 7.11 Å². The number of amides is 2. The zero-order valence-electron chi connectivity index (χ0n) is 17.2. The molecule has 30 heavy (non-hydrogen) atoms. The Hall–Kier alpha value is -3.80. The Bertz CT molecular complexity index is 1060. The van der Waals surface area contributed by atoms with Gasteiger partial charge in [0.25, 0.3) is 11.8 Å². The molecule has 2 amide bonds. The van der Waals surface area contributed by atoms with Crippen molar-refractivity contribution in [3.05, 3.63) is 83.4 Å². The standard InChI is InChI=1S/C24H24N2O4/c1-16-11-12-18(13-17(16)2)24(28)26-20-8-6-7-19(14-20)25-23(27)15-30-22-10-5-4-9-21(22)29-3/h4-14H,15H2,1-3H3,(H,25,27)(H,26,28). The van der Waals surface area contributed by atoms with Crippen LogP contribution in [-0.4, -0.2) is 25.5 Å². The molecule has 154 valence electrons. The summed E-state index contributed by atoms with van der Waals surface area (Å²) in [7, 11) is 1.54. The van der Waals surface area contributed by atoms with Crippen LogP contribution in [0.3, 0.4) is 0 Å². The number of carbonyl (C=O) groups is 2. The number of hydrogen-bond donors (Lipinski definition) is 2. The van der Waals surface area contributed by atoms with E-state index in [2.05, 4.69) is 10.6 Å². The molecule has 3 rings (SSSR count). The molecule has 0 saturated heterocycles. The summed E-state index contributed by atoms with van der Waals surface area (Å²) in [5, 5.41) is 5.62. The highest BCUT2D eigenvalue weighted by Gasteiger charge is 2.10. The number of carbonyl (C=O) groups excluding carboxylic acids is 2. The third-order valence-electron chi connectivity index (χ3n) is 4.60. The van der Waals surface area contributed by atoms with Crippen LogP contribution in [0.4, 0.5) is 11.4 Å². The lowest BCUT2D eigenvalue weighted by Gasteiger charge is -2.12. The summed E-state index contributed by atoms with van der Waals surface area (Å²) in [4.78, 5) is 24.7. The van der Waals surface area contributed by atoms with E-state index in [4.69, 9.17) is 9.47 Å². The Kier molecular flexibility index (Phi) is 6.70. The highest BCUT2D eigenvalue weighted by molar-refractivity contribution is 6.04. The number of benzene rings is 3. The number of nitrogens with one attached hydrogen (secondary N) is 2. The highest BCUT2D eigenvalue weighted by atomic mass is 16.5. The van der Waals surface area contributed by atoms with Crippen molar-refractivity contribution in [2.45, 2.75) is 13.8 Å². The van der Waals surface area contributed by atoms with Crippen LogP contribution in [0.15, 0.2) is 66.7 Å². The van der Waals surface area contributed by atoms with E-state index in [0.29, 0.717) is 28.4 Å². The molecule has 6 heteroatoms. The van der Waals surface area contributed by atoms with Crippen molar-refractivity contribution in [3.8, 4) is 11.5 Å². The van der Waals surface area contributed by atoms with Gasteiger partial charge in [-0.05, 0) is 67.4 Å². The second-order valence-electron chi connectivity index (χ2n) is 6.82. The predicted molar refractivity (Wildman–Crippen MR) is 117 cm³/mol. The quantitative estimate of drug-likeness (QED) is 0.604. The van der Waals surface area contributed by atoms with Gasteiger partial charge in [-0.25, -0.2) is 0 Å². The maximum Gasteiger partial charge on any atom is 0.262 e. The third kappa shape index (κ3) is 5.38. The molecule has 0 radical (unpaired) electrons. The van der Waals surface area contributed by atoms with Crippen molar-refractivity contribution in [1.82, 2.24) is 0 Å². The number of aryl methyl sites for hydroxylation is 2. The van der Waals surface area contributed by atoms with Gasteiger partial charge in [-0.3, -0.25) is 9.59 Å². The normalized spacial score (nSPS) is 10.2. The second kappa shape index (κ2) is 9.60. The molecule has 0 bridgehead atoms. The summed E-state index contributed by atoms with van der Waals surface area (Å²) in [6.07, 6.45) is 0. The maximum absolute atomic E-state index is 12.5. The summed E-state index contributed by atoms with van der Waals surface area (Å²) in [5.74, 6) is 0.519. The summed E-state index contributed by atoms with van der Waals surface area (Å²) in [6.45, 7) is 3.80. The van der Waals surface area contributed by atoms with E-state index >= 15 is 0 Å². The second-order valence-corrected chi connectivity index (χ2v) is 6.82. The lowest BCUT2D eigenvalue weighted by atomic mass is 10.1. The van der Waals surface area contributed by atoms with Crippen LogP contribution in [0.5, 0.6) is 11.5 Å². The Morgan fingerprint density at radius 3 is 2.20 bits per heavy atom. The molecule has 0 unspecified atom stereocenters. The number of para-hydroxylation sites is 2. The van der Waals surface area contributed by atoms with Gasteiger partial charge >= 0.3 is 0 Å². The monoisotopic (exact) mass is 404 g/mol. The van der Waals surface area contributed by atoms with Crippen LogP contribution in [-0.2, 0) is 4.79 Å². The van der Waals surface area contributed by atoms with Crippen molar-refractivity contribution in [2.24, 2.45) is 0 Å². The van der Waals surface area contributed by atoms with E-state index in [9.17, 15) is 9.59 Å². The average Bonchev–Trinajstić information content (AvgIpc) is 2.74. The minimum absolute atomic E-state index is 0.167. The number of hydrogen-bond acceptors (Lipinski definition) is 4. The molecule has 0 spiro atoms. The van der Waals surface area contributed by atoms with Gasteiger partial charge in [0.2, 0.25) is 0 Å². The van der Waals surface area contributed by atoms with Crippen LogP contribution in [0.2, 0.25) is 0 Å². The topological polar surface area (TPSA) is 76.7 Å². The minimum atomic E-state index is -0.321. The molecular formula is C24H24N2O4. The Balaban J connectivity index is 1.60. The maximum atomic E-state index is 12.5. The van der Waals surface area contributed by atoms with Crippen molar-refractivity contribution in [2.75, 3.05) is 24.4 Å². The molecule has 6 nitrogen and oxygen atoms in total. The van der Waals surface area contributed by atoms with Gasteiger partial charge in [-0.1, -0.05) is 24.3 Å². The molecule has 3 aromatic carbocycles. The summed E-state index contributed by atoms with van der Waals surface area (Å²) < 4.78 is 10.7. The Morgan fingerprint density at radius 1 is 0.800 bits per heavy atom. The number of anilines is 2. The van der Waals surface area contributed by atoms with E-state index in [-0.39, 0.29) is 18.4 Å². The smallest absolute Gasteiger partial charge is 0.262 e.